The lowest BCUT2D eigenvalue weighted by Gasteiger charge is -2.24. The molecule has 1 atom stereocenters. The van der Waals surface area contributed by atoms with Crippen LogP contribution >= 0.6 is 0 Å². The molecule has 1 amide bonds. The van der Waals surface area contributed by atoms with Gasteiger partial charge in [0.1, 0.15) is 11.8 Å². The van der Waals surface area contributed by atoms with Gasteiger partial charge >= 0.3 is 0 Å². The van der Waals surface area contributed by atoms with Crippen LogP contribution in [0.15, 0.2) is 47.6 Å². The lowest BCUT2D eigenvalue weighted by Crippen LogP contribution is -2.45. The number of amides is 1. The van der Waals surface area contributed by atoms with E-state index in [0.717, 1.165) is 5.56 Å². The molecule has 144 valence electrons. The van der Waals surface area contributed by atoms with Gasteiger partial charge in [-0.05, 0) is 43.0 Å². The molecule has 1 aliphatic heterocycles. The first-order valence-electron chi connectivity index (χ1n) is 8.76. The molecule has 3 rings (SSSR count). The topological polar surface area (TPSA) is 88.6 Å². The second-order valence-electron chi connectivity index (χ2n) is 6.48. The van der Waals surface area contributed by atoms with E-state index in [1.165, 1.54) is 17.5 Å². The molecule has 7 nitrogen and oxygen atoms in total. The summed E-state index contributed by atoms with van der Waals surface area (Å²) >= 11 is 0. The number of carbonyl (C=O) groups excluding carboxylic acids is 1. The van der Waals surface area contributed by atoms with Crippen LogP contribution < -0.4 is 10.1 Å². The van der Waals surface area contributed by atoms with Crippen LogP contribution in [-0.2, 0) is 21.4 Å². The number of methoxy groups -OCH3 is 1. The summed E-state index contributed by atoms with van der Waals surface area (Å²) in [5, 5.41) is 2.82. The van der Waals surface area contributed by atoms with Gasteiger partial charge < -0.3 is 10.1 Å². The average molecular weight is 389 g/mol. The molecule has 2 aromatic rings. The zero-order chi connectivity index (χ0) is 19.4. The molecule has 1 aliphatic rings. The lowest BCUT2D eigenvalue weighted by molar-refractivity contribution is -0.124. The molecular weight excluding hydrogens is 366 g/mol. The number of hydrogen-bond donors (Lipinski definition) is 1. The number of benzene rings is 1. The van der Waals surface area contributed by atoms with Crippen molar-refractivity contribution in [2.75, 3.05) is 13.7 Å². The van der Waals surface area contributed by atoms with E-state index >= 15 is 0 Å². The zero-order valence-corrected chi connectivity index (χ0v) is 16.2. The molecule has 8 heteroatoms. The van der Waals surface area contributed by atoms with E-state index in [1.54, 1.807) is 37.5 Å². The molecule has 1 aromatic heterocycles. The van der Waals surface area contributed by atoms with E-state index in [-0.39, 0.29) is 10.8 Å². The number of sulfonamides is 1. The number of rotatable bonds is 6. The predicted molar refractivity (Wildman–Crippen MR) is 101 cm³/mol. The Kier molecular flexibility index (Phi) is 5.76. The molecule has 1 aromatic carbocycles. The van der Waals surface area contributed by atoms with Gasteiger partial charge in [-0.25, -0.2) is 8.42 Å². The van der Waals surface area contributed by atoms with Crippen LogP contribution in [0.1, 0.15) is 24.0 Å². The number of aromatic nitrogens is 1. The zero-order valence-electron chi connectivity index (χ0n) is 15.4. The first-order chi connectivity index (χ1) is 12.9. The van der Waals surface area contributed by atoms with Crippen molar-refractivity contribution in [2.45, 2.75) is 37.2 Å². The van der Waals surface area contributed by atoms with Crippen molar-refractivity contribution in [1.82, 2.24) is 14.6 Å². The van der Waals surface area contributed by atoms with Gasteiger partial charge in [0, 0.05) is 31.5 Å². The van der Waals surface area contributed by atoms with Gasteiger partial charge in [-0.3, -0.25) is 9.78 Å². The Balaban J connectivity index is 1.79. The van der Waals surface area contributed by atoms with Gasteiger partial charge in [-0.1, -0.05) is 12.1 Å². The van der Waals surface area contributed by atoms with Crippen LogP contribution in [0, 0.1) is 6.92 Å². The van der Waals surface area contributed by atoms with Gasteiger partial charge in [0.05, 0.1) is 12.0 Å². The number of hydrogen-bond acceptors (Lipinski definition) is 5. The highest BCUT2D eigenvalue weighted by molar-refractivity contribution is 7.89. The maximum Gasteiger partial charge on any atom is 0.244 e. The van der Waals surface area contributed by atoms with Crippen molar-refractivity contribution in [3.63, 3.8) is 0 Å². The first-order valence-corrected chi connectivity index (χ1v) is 10.2. The number of nitrogens with one attached hydrogen (secondary N) is 1. The highest BCUT2D eigenvalue weighted by Crippen LogP contribution is 2.30. The molecule has 0 bridgehead atoms. The molecule has 1 fully saturated rings. The Bertz CT molecular complexity index is 916. The molecule has 2 heterocycles. The summed E-state index contributed by atoms with van der Waals surface area (Å²) in [6.45, 7) is 2.37. The minimum absolute atomic E-state index is 0.175. The van der Waals surface area contributed by atoms with Gasteiger partial charge in [-0.2, -0.15) is 4.31 Å². The van der Waals surface area contributed by atoms with Crippen molar-refractivity contribution in [2.24, 2.45) is 0 Å². The Hall–Kier alpha value is -2.45. The van der Waals surface area contributed by atoms with Crippen LogP contribution in [-0.4, -0.2) is 43.3 Å². The molecule has 0 radical (unpaired) electrons. The summed E-state index contributed by atoms with van der Waals surface area (Å²) in [4.78, 5) is 16.8. The molecule has 0 aliphatic carbocycles. The number of aryl methyl sites for hydroxylation is 1. The summed E-state index contributed by atoms with van der Waals surface area (Å²) in [6, 6.07) is 7.87. The van der Waals surface area contributed by atoms with Crippen molar-refractivity contribution in [3.05, 3.63) is 53.9 Å². The fraction of sp³-hybridized carbons (Fsp3) is 0.368. The maximum atomic E-state index is 13.2. The summed E-state index contributed by atoms with van der Waals surface area (Å²) in [5.74, 6) is 0.177. The van der Waals surface area contributed by atoms with E-state index < -0.39 is 16.1 Å². The third-order valence-corrected chi connectivity index (χ3v) is 6.73. The van der Waals surface area contributed by atoms with Gasteiger partial charge in [0.2, 0.25) is 15.9 Å². The van der Waals surface area contributed by atoms with E-state index in [1.807, 2.05) is 6.07 Å². The van der Waals surface area contributed by atoms with Crippen LogP contribution in [0.25, 0.3) is 0 Å². The molecule has 0 spiro atoms. The van der Waals surface area contributed by atoms with Gasteiger partial charge in [0.15, 0.2) is 0 Å². The fourth-order valence-corrected chi connectivity index (χ4v) is 5.11. The third kappa shape index (κ3) is 4.12. The summed E-state index contributed by atoms with van der Waals surface area (Å²) in [7, 11) is -2.31. The minimum atomic E-state index is -3.80. The smallest absolute Gasteiger partial charge is 0.244 e. The van der Waals surface area contributed by atoms with E-state index in [9.17, 15) is 13.2 Å². The Morgan fingerprint density at radius 3 is 2.89 bits per heavy atom. The minimum Gasteiger partial charge on any atom is -0.497 e. The molecule has 1 saturated heterocycles. The average Bonchev–Trinajstić information content (AvgIpc) is 3.18. The van der Waals surface area contributed by atoms with Gasteiger partial charge in [-0.15, -0.1) is 0 Å². The van der Waals surface area contributed by atoms with Crippen molar-refractivity contribution >= 4 is 15.9 Å². The number of nitrogens with zero attached hydrogens (tertiary/aromatic N) is 2. The molecule has 0 saturated carbocycles. The van der Waals surface area contributed by atoms with Crippen molar-refractivity contribution in [1.29, 1.82) is 0 Å². The van der Waals surface area contributed by atoms with E-state index in [0.29, 0.717) is 37.2 Å². The van der Waals surface area contributed by atoms with Crippen LogP contribution in [0.4, 0.5) is 0 Å². The quantitative estimate of drug-likeness (QED) is 0.815. The number of carbonyl (C=O) groups is 1. The fourth-order valence-electron chi connectivity index (χ4n) is 3.21. The monoisotopic (exact) mass is 389 g/mol. The highest BCUT2D eigenvalue weighted by atomic mass is 32.2. The van der Waals surface area contributed by atoms with Crippen molar-refractivity contribution < 1.29 is 17.9 Å². The normalized spacial score (nSPS) is 17.6. The summed E-state index contributed by atoms with van der Waals surface area (Å²) < 4.78 is 32.8. The second kappa shape index (κ2) is 8.06. The van der Waals surface area contributed by atoms with E-state index in [4.69, 9.17) is 4.74 Å². The molecule has 0 unspecified atom stereocenters. The highest BCUT2D eigenvalue weighted by Gasteiger charge is 2.40. The SMILES string of the molecule is COc1ccc(C)c(S(=O)(=O)N2CCC[C@H]2C(=O)NCc2cccnc2)c1. The van der Waals surface area contributed by atoms with Crippen LogP contribution in [0.5, 0.6) is 5.75 Å². The first kappa shape index (κ1) is 19.3. The number of pyridine rings is 1. The summed E-state index contributed by atoms with van der Waals surface area (Å²) in [6.07, 6.45) is 4.48. The maximum absolute atomic E-state index is 13.2. The summed E-state index contributed by atoms with van der Waals surface area (Å²) in [5.41, 5.74) is 1.49. The molecule has 27 heavy (non-hydrogen) atoms. The second-order valence-corrected chi connectivity index (χ2v) is 8.34. The third-order valence-electron chi connectivity index (χ3n) is 4.68. The molecule has 1 N–H and O–H groups in total. The lowest BCUT2D eigenvalue weighted by atomic mass is 10.2. The molecular formula is C19H23N3O4S. The van der Waals surface area contributed by atoms with Crippen LogP contribution in [0.3, 0.4) is 0 Å². The Morgan fingerprint density at radius 2 is 2.19 bits per heavy atom. The predicted octanol–water partition coefficient (Wildman–Crippen LogP) is 1.87. The number of ether oxygens (including phenoxy) is 1. The van der Waals surface area contributed by atoms with Crippen LogP contribution in [0.2, 0.25) is 0 Å². The standard InChI is InChI=1S/C19H23N3O4S/c1-14-7-8-16(26-2)11-18(14)27(24,25)22-10-4-6-17(22)19(23)21-13-15-5-3-9-20-12-15/h3,5,7-9,11-12,17H,4,6,10,13H2,1-2H3,(H,21,23)/t17-/m0/s1. The Morgan fingerprint density at radius 1 is 1.37 bits per heavy atom. The van der Waals surface area contributed by atoms with E-state index in [2.05, 4.69) is 10.3 Å². The largest absolute Gasteiger partial charge is 0.497 e. The Labute approximate surface area is 159 Å². The van der Waals surface area contributed by atoms with Crippen molar-refractivity contribution in [3.8, 4) is 5.75 Å². The van der Waals surface area contributed by atoms with Gasteiger partial charge in [0.25, 0.3) is 0 Å².